The molecule has 22 heavy (non-hydrogen) atoms. The molecule has 0 aromatic heterocycles. The minimum atomic E-state index is -0.292. The van der Waals surface area contributed by atoms with Crippen molar-refractivity contribution >= 4 is 23.2 Å². The van der Waals surface area contributed by atoms with Gasteiger partial charge in [0.25, 0.3) is 0 Å². The molecule has 1 aromatic rings. The number of aliphatic hydroxyl groups is 1. The van der Waals surface area contributed by atoms with Crippen molar-refractivity contribution in [2.75, 3.05) is 25.0 Å². The third kappa shape index (κ3) is 4.44. The van der Waals surface area contributed by atoms with E-state index in [1.807, 2.05) is 13.0 Å². The van der Waals surface area contributed by atoms with Crippen molar-refractivity contribution in [2.24, 2.45) is 5.92 Å². The van der Waals surface area contributed by atoms with Crippen molar-refractivity contribution in [3.8, 4) is 6.07 Å². The molecule has 0 radical (unpaired) electrons. The zero-order valence-electron chi connectivity index (χ0n) is 12.6. The maximum atomic E-state index is 12.0. The van der Waals surface area contributed by atoms with Crippen LogP contribution in [-0.2, 0) is 4.79 Å². The Balaban J connectivity index is 1.79. The molecule has 1 fully saturated rings. The lowest BCUT2D eigenvalue weighted by molar-refractivity contribution is -0.116. The van der Waals surface area contributed by atoms with Crippen LogP contribution in [0.25, 0.3) is 0 Å². The number of nitrogens with one attached hydrogen (secondary N) is 1. The molecule has 118 valence electrons. The van der Waals surface area contributed by atoms with Crippen LogP contribution in [0.1, 0.15) is 25.3 Å². The van der Waals surface area contributed by atoms with Crippen molar-refractivity contribution in [1.29, 1.82) is 5.26 Å². The van der Waals surface area contributed by atoms with Crippen LogP contribution in [0.5, 0.6) is 0 Å². The molecular weight excluding hydrogens is 302 g/mol. The molecule has 0 spiro atoms. The predicted molar refractivity (Wildman–Crippen MR) is 85.6 cm³/mol. The number of halogens is 1. The molecule has 0 saturated carbocycles. The highest BCUT2D eigenvalue weighted by atomic mass is 35.5. The number of hydrogen-bond acceptors (Lipinski definition) is 4. The number of rotatable bonds is 5. The lowest BCUT2D eigenvalue weighted by Crippen LogP contribution is -2.27. The van der Waals surface area contributed by atoms with Gasteiger partial charge in [-0.1, -0.05) is 11.6 Å². The van der Waals surface area contributed by atoms with Crippen LogP contribution in [-0.4, -0.2) is 41.7 Å². The van der Waals surface area contributed by atoms with E-state index in [2.05, 4.69) is 10.2 Å². The van der Waals surface area contributed by atoms with Crippen LogP contribution in [0.15, 0.2) is 18.2 Å². The number of carbonyl (C=O) groups is 1. The van der Waals surface area contributed by atoms with E-state index in [0.717, 1.165) is 19.5 Å². The highest BCUT2D eigenvalue weighted by molar-refractivity contribution is 6.32. The van der Waals surface area contributed by atoms with E-state index in [1.165, 1.54) is 0 Å². The molecule has 2 rings (SSSR count). The fraction of sp³-hybridized carbons (Fsp3) is 0.500. The molecule has 0 bridgehead atoms. The molecule has 1 amide bonds. The van der Waals surface area contributed by atoms with Gasteiger partial charge in [-0.05, 0) is 44.0 Å². The monoisotopic (exact) mass is 321 g/mol. The van der Waals surface area contributed by atoms with Gasteiger partial charge in [0.2, 0.25) is 5.91 Å². The zero-order chi connectivity index (χ0) is 16.1. The minimum absolute atomic E-state index is 0.0822. The summed E-state index contributed by atoms with van der Waals surface area (Å²) in [5.41, 5.74) is 0.984. The zero-order valence-corrected chi connectivity index (χ0v) is 13.3. The van der Waals surface area contributed by atoms with E-state index in [-0.39, 0.29) is 12.0 Å². The minimum Gasteiger partial charge on any atom is -0.393 e. The van der Waals surface area contributed by atoms with E-state index < -0.39 is 0 Å². The van der Waals surface area contributed by atoms with Gasteiger partial charge in [-0.25, -0.2) is 0 Å². The number of nitrogens with zero attached hydrogens (tertiary/aromatic N) is 2. The summed E-state index contributed by atoms with van der Waals surface area (Å²) in [7, 11) is 0. The molecule has 0 aliphatic carbocycles. The summed E-state index contributed by atoms with van der Waals surface area (Å²) >= 11 is 5.93. The number of nitriles is 1. The Hall–Kier alpha value is -1.61. The number of aliphatic hydroxyl groups excluding tert-OH is 1. The third-order valence-electron chi connectivity index (χ3n) is 4.02. The second-order valence-corrected chi connectivity index (χ2v) is 6.10. The number of benzene rings is 1. The molecule has 1 aliphatic rings. The van der Waals surface area contributed by atoms with Crippen LogP contribution in [0, 0.1) is 17.2 Å². The number of anilines is 1. The molecule has 2 unspecified atom stereocenters. The molecular formula is C16H20ClN3O2. The standard InChI is InChI=1S/C16H20ClN3O2/c1-11(21)13-4-6-20(10-13)7-5-16(22)19-14-3-2-12(9-18)15(17)8-14/h2-3,8,11,13,21H,4-7,10H2,1H3,(H,19,22). The highest BCUT2D eigenvalue weighted by Gasteiger charge is 2.25. The average molecular weight is 322 g/mol. The summed E-state index contributed by atoms with van der Waals surface area (Å²) in [6.07, 6.45) is 1.08. The molecule has 2 N–H and O–H groups in total. The normalized spacial score (nSPS) is 19.6. The predicted octanol–water partition coefficient (Wildman–Crippen LogP) is 2.24. The smallest absolute Gasteiger partial charge is 0.225 e. The number of likely N-dealkylation sites (tertiary alicyclic amines) is 1. The van der Waals surface area contributed by atoms with Crippen molar-refractivity contribution in [2.45, 2.75) is 25.9 Å². The third-order valence-corrected chi connectivity index (χ3v) is 4.33. The first-order valence-corrected chi connectivity index (χ1v) is 7.77. The van der Waals surface area contributed by atoms with E-state index >= 15 is 0 Å². The largest absolute Gasteiger partial charge is 0.393 e. The highest BCUT2D eigenvalue weighted by Crippen LogP contribution is 2.21. The number of carbonyl (C=O) groups excluding carboxylic acids is 1. The van der Waals surface area contributed by atoms with E-state index in [1.54, 1.807) is 18.2 Å². The Kier molecular flexibility index (Phi) is 5.78. The first kappa shape index (κ1) is 16.8. The summed E-state index contributed by atoms with van der Waals surface area (Å²) in [6, 6.07) is 6.82. The summed E-state index contributed by atoms with van der Waals surface area (Å²) in [5.74, 6) is 0.224. The van der Waals surface area contributed by atoms with Gasteiger partial charge in [-0.15, -0.1) is 0 Å². The molecule has 1 heterocycles. The van der Waals surface area contributed by atoms with Gasteiger partial charge >= 0.3 is 0 Å². The summed E-state index contributed by atoms with van der Waals surface area (Å²) in [4.78, 5) is 14.2. The fourth-order valence-corrected chi connectivity index (χ4v) is 2.85. The topological polar surface area (TPSA) is 76.4 Å². The summed E-state index contributed by atoms with van der Waals surface area (Å²) < 4.78 is 0. The van der Waals surface area contributed by atoms with Gasteiger partial charge < -0.3 is 15.3 Å². The lowest BCUT2D eigenvalue weighted by Gasteiger charge is -2.17. The Bertz CT molecular complexity index is 583. The van der Waals surface area contributed by atoms with Gasteiger partial charge in [0.1, 0.15) is 6.07 Å². The second kappa shape index (κ2) is 7.59. The Morgan fingerprint density at radius 2 is 2.41 bits per heavy atom. The summed E-state index contributed by atoms with van der Waals surface area (Å²) in [5, 5.41) is 21.5. The number of amides is 1. The lowest BCUT2D eigenvalue weighted by atomic mass is 10.0. The van der Waals surface area contributed by atoms with E-state index in [4.69, 9.17) is 16.9 Å². The van der Waals surface area contributed by atoms with Crippen molar-refractivity contribution < 1.29 is 9.90 Å². The first-order valence-electron chi connectivity index (χ1n) is 7.39. The Morgan fingerprint density at radius 3 is 3.00 bits per heavy atom. The fourth-order valence-electron chi connectivity index (χ4n) is 2.63. The summed E-state index contributed by atoms with van der Waals surface area (Å²) in [6.45, 7) is 4.26. The van der Waals surface area contributed by atoms with Gasteiger partial charge in [0.05, 0.1) is 16.7 Å². The Labute approximate surface area is 135 Å². The first-order chi connectivity index (χ1) is 10.5. The van der Waals surface area contributed by atoms with Gasteiger partial charge in [-0.3, -0.25) is 4.79 Å². The molecule has 5 nitrogen and oxygen atoms in total. The van der Waals surface area contributed by atoms with Gasteiger partial charge in [0.15, 0.2) is 0 Å². The molecule has 1 aromatic carbocycles. The molecule has 2 atom stereocenters. The second-order valence-electron chi connectivity index (χ2n) is 5.69. The Morgan fingerprint density at radius 1 is 1.64 bits per heavy atom. The maximum Gasteiger partial charge on any atom is 0.225 e. The van der Waals surface area contributed by atoms with Crippen molar-refractivity contribution in [3.63, 3.8) is 0 Å². The van der Waals surface area contributed by atoms with Crippen LogP contribution in [0.2, 0.25) is 5.02 Å². The van der Waals surface area contributed by atoms with Crippen molar-refractivity contribution in [3.05, 3.63) is 28.8 Å². The molecule has 1 saturated heterocycles. The van der Waals surface area contributed by atoms with Crippen LogP contribution >= 0.6 is 11.6 Å². The van der Waals surface area contributed by atoms with Gasteiger partial charge in [-0.2, -0.15) is 5.26 Å². The quantitative estimate of drug-likeness (QED) is 0.872. The maximum absolute atomic E-state index is 12.0. The van der Waals surface area contributed by atoms with Crippen LogP contribution in [0.4, 0.5) is 5.69 Å². The van der Waals surface area contributed by atoms with Crippen molar-refractivity contribution in [1.82, 2.24) is 4.90 Å². The van der Waals surface area contributed by atoms with Crippen LogP contribution < -0.4 is 5.32 Å². The van der Waals surface area contributed by atoms with Gasteiger partial charge in [0, 0.05) is 25.2 Å². The van der Waals surface area contributed by atoms with E-state index in [9.17, 15) is 9.90 Å². The van der Waals surface area contributed by atoms with E-state index in [0.29, 0.717) is 35.2 Å². The average Bonchev–Trinajstić information content (AvgIpc) is 2.94. The van der Waals surface area contributed by atoms with Crippen LogP contribution in [0.3, 0.4) is 0 Å². The molecule has 1 aliphatic heterocycles. The number of hydrogen-bond donors (Lipinski definition) is 2. The SMILES string of the molecule is CC(O)C1CCN(CCC(=O)Nc2ccc(C#N)c(Cl)c2)C1. The molecule has 6 heteroatoms.